The fraction of sp³-hybridized carbons (Fsp3) is 0.600. The van der Waals surface area contributed by atoms with Crippen LogP contribution in [0.5, 0.6) is 0 Å². The summed E-state index contributed by atoms with van der Waals surface area (Å²) in [5.74, 6) is 0.280. The fourth-order valence-corrected chi connectivity index (χ4v) is 2.02. The van der Waals surface area contributed by atoms with E-state index in [4.69, 9.17) is 11.6 Å². The molecule has 0 unspecified atom stereocenters. The lowest BCUT2D eigenvalue weighted by molar-refractivity contribution is -0.137. The average Bonchev–Trinajstić information content (AvgIpc) is 2.28. The van der Waals surface area contributed by atoms with Gasteiger partial charge in [0.2, 0.25) is 5.95 Å². The lowest BCUT2D eigenvalue weighted by Crippen LogP contribution is -2.31. The molecule has 0 radical (unpaired) electrons. The van der Waals surface area contributed by atoms with Gasteiger partial charge in [-0.1, -0.05) is 11.6 Å². The topological polar surface area (TPSA) is 29.0 Å². The highest BCUT2D eigenvalue weighted by molar-refractivity contribution is 6.30. The third kappa shape index (κ3) is 2.80. The summed E-state index contributed by atoms with van der Waals surface area (Å²) in [7, 11) is 0. The molecule has 1 aromatic rings. The summed E-state index contributed by atoms with van der Waals surface area (Å²) in [5.41, 5.74) is -0.986. The lowest BCUT2D eigenvalue weighted by Gasteiger charge is -2.26. The maximum Gasteiger partial charge on any atom is 0.420 e. The SMILES string of the molecule is FC(F)(F)c1cnc(N2CCCCC2)nc1Cl. The molecule has 0 aromatic carbocycles. The summed E-state index contributed by atoms with van der Waals surface area (Å²) < 4.78 is 37.3. The van der Waals surface area contributed by atoms with Gasteiger partial charge < -0.3 is 4.90 Å². The zero-order chi connectivity index (χ0) is 12.5. The molecule has 0 amide bonds. The molecule has 17 heavy (non-hydrogen) atoms. The molecular weight excluding hydrogens is 255 g/mol. The molecule has 1 aromatic heterocycles. The van der Waals surface area contributed by atoms with Crippen molar-refractivity contribution in [2.45, 2.75) is 25.4 Å². The Labute approximate surface area is 102 Å². The van der Waals surface area contributed by atoms with Crippen molar-refractivity contribution in [2.75, 3.05) is 18.0 Å². The van der Waals surface area contributed by atoms with Gasteiger partial charge in [0.15, 0.2) is 0 Å². The Hall–Kier alpha value is -1.04. The molecule has 0 N–H and O–H groups in total. The minimum atomic E-state index is -4.50. The van der Waals surface area contributed by atoms with Crippen LogP contribution in [0.15, 0.2) is 6.20 Å². The van der Waals surface area contributed by atoms with Crippen LogP contribution in [0.25, 0.3) is 0 Å². The van der Waals surface area contributed by atoms with Gasteiger partial charge in [-0.25, -0.2) is 9.97 Å². The van der Waals surface area contributed by atoms with Crippen molar-refractivity contribution in [1.82, 2.24) is 9.97 Å². The number of hydrogen-bond acceptors (Lipinski definition) is 3. The summed E-state index contributed by atoms with van der Waals surface area (Å²) in [6, 6.07) is 0. The molecule has 0 aliphatic carbocycles. The molecule has 0 atom stereocenters. The van der Waals surface area contributed by atoms with Crippen molar-refractivity contribution >= 4 is 17.5 Å². The van der Waals surface area contributed by atoms with Crippen molar-refractivity contribution < 1.29 is 13.2 Å². The molecule has 2 rings (SSSR count). The molecule has 2 heterocycles. The van der Waals surface area contributed by atoms with E-state index in [1.54, 1.807) is 0 Å². The van der Waals surface area contributed by atoms with Crippen LogP contribution in [0, 0.1) is 0 Å². The third-order valence-corrected chi connectivity index (χ3v) is 2.96. The molecule has 1 aliphatic heterocycles. The molecule has 1 saturated heterocycles. The van der Waals surface area contributed by atoms with Crippen LogP contribution in [-0.4, -0.2) is 23.1 Å². The van der Waals surface area contributed by atoms with E-state index in [2.05, 4.69) is 9.97 Å². The summed E-state index contributed by atoms with van der Waals surface area (Å²) in [4.78, 5) is 9.32. The molecule has 0 bridgehead atoms. The van der Waals surface area contributed by atoms with Gasteiger partial charge in [-0.15, -0.1) is 0 Å². The molecule has 3 nitrogen and oxygen atoms in total. The van der Waals surface area contributed by atoms with E-state index < -0.39 is 16.9 Å². The number of alkyl halides is 3. The third-order valence-electron chi connectivity index (χ3n) is 2.67. The van der Waals surface area contributed by atoms with Gasteiger partial charge in [0.25, 0.3) is 0 Å². The summed E-state index contributed by atoms with van der Waals surface area (Å²) in [6.07, 6.45) is -0.619. The van der Waals surface area contributed by atoms with E-state index in [1.165, 1.54) is 0 Å². The Morgan fingerprint density at radius 2 is 1.82 bits per heavy atom. The Morgan fingerprint density at radius 3 is 2.35 bits per heavy atom. The monoisotopic (exact) mass is 265 g/mol. The number of rotatable bonds is 1. The number of hydrogen-bond donors (Lipinski definition) is 0. The highest BCUT2D eigenvalue weighted by atomic mass is 35.5. The van der Waals surface area contributed by atoms with Gasteiger partial charge in [0.05, 0.1) is 0 Å². The number of aromatic nitrogens is 2. The molecular formula is C10H11ClF3N3. The van der Waals surface area contributed by atoms with Crippen LogP contribution in [0.2, 0.25) is 5.15 Å². The van der Waals surface area contributed by atoms with E-state index >= 15 is 0 Å². The zero-order valence-electron chi connectivity index (χ0n) is 8.97. The second-order valence-electron chi connectivity index (χ2n) is 3.92. The summed E-state index contributed by atoms with van der Waals surface area (Å²) in [5, 5.41) is -0.534. The van der Waals surface area contributed by atoms with Crippen LogP contribution in [0.1, 0.15) is 24.8 Å². The Balaban J connectivity index is 2.24. The number of nitrogens with zero attached hydrogens (tertiary/aromatic N) is 3. The number of anilines is 1. The van der Waals surface area contributed by atoms with E-state index in [-0.39, 0.29) is 5.95 Å². The van der Waals surface area contributed by atoms with Gasteiger partial charge in [-0.2, -0.15) is 13.2 Å². The minimum absolute atomic E-state index is 0.280. The first-order valence-electron chi connectivity index (χ1n) is 5.33. The van der Waals surface area contributed by atoms with Crippen LogP contribution >= 0.6 is 11.6 Å². The molecule has 0 spiro atoms. The van der Waals surface area contributed by atoms with Crippen molar-refractivity contribution in [3.05, 3.63) is 16.9 Å². The van der Waals surface area contributed by atoms with Crippen molar-refractivity contribution in [3.8, 4) is 0 Å². The average molecular weight is 266 g/mol. The van der Waals surface area contributed by atoms with E-state index in [1.807, 2.05) is 4.90 Å². The largest absolute Gasteiger partial charge is 0.420 e. The van der Waals surface area contributed by atoms with Gasteiger partial charge in [0, 0.05) is 19.3 Å². The van der Waals surface area contributed by atoms with Crippen LogP contribution < -0.4 is 4.90 Å². The predicted octanol–water partition coefficient (Wildman–Crippen LogP) is 3.14. The van der Waals surface area contributed by atoms with Crippen LogP contribution in [-0.2, 0) is 6.18 Å². The van der Waals surface area contributed by atoms with Crippen molar-refractivity contribution in [3.63, 3.8) is 0 Å². The Kier molecular flexibility index (Phi) is 3.42. The van der Waals surface area contributed by atoms with Crippen molar-refractivity contribution in [2.24, 2.45) is 0 Å². The van der Waals surface area contributed by atoms with E-state index in [9.17, 15) is 13.2 Å². The summed E-state index contributed by atoms with van der Waals surface area (Å²) in [6.45, 7) is 1.53. The van der Waals surface area contributed by atoms with Gasteiger partial charge in [0.1, 0.15) is 10.7 Å². The fourth-order valence-electron chi connectivity index (χ4n) is 1.79. The lowest BCUT2D eigenvalue weighted by atomic mass is 10.1. The van der Waals surface area contributed by atoms with E-state index in [0.29, 0.717) is 0 Å². The Bertz CT molecular complexity index is 402. The number of halogens is 4. The zero-order valence-corrected chi connectivity index (χ0v) is 9.72. The minimum Gasteiger partial charge on any atom is -0.341 e. The van der Waals surface area contributed by atoms with Crippen LogP contribution in [0.4, 0.5) is 19.1 Å². The normalized spacial score (nSPS) is 17.3. The molecule has 94 valence electrons. The Morgan fingerprint density at radius 1 is 1.18 bits per heavy atom. The first-order valence-corrected chi connectivity index (χ1v) is 5.71. The number of piperidine rings is 1. The maximum absolute atomic E-state index is 12.4. The molecule has 1 aliphatic rings. The molecule has 7 heteroatoms. The highest BCUT2D eigenvalue weighted by Crippen LogP contribution is 2.33. The second kappa shape index (κ2) is 4.68. The summed E-state index contributed by atoms with van der Waals surface area (Å²) >= 11 is 5.54. The first-order chi connectivity index (χ1) is 7.98. The smallest absolute Gasteiger partial charge is 0.341 e. The second-order valence-corrected chi connectivity index (χ2v) is 4.28. The van der Waals surface area contributed by atoms with Gasteiger partial charge >= 0.3 is 6.18 Å². The van der Waals surface area contributed by atoms with Gasteiger partial charge in [-0.3, -0.25) is 0 Å². The van der Waals surface area contributed by atoms with Crippen molar-refractivity contribution in [1.29, 1.82) is 0 Å². The standard InChI is InChI=1S/C10H11ClF3N3/c11-8-7(10(12,13)14)6-15-9(16-8)17-4-2-1-3-5-17/h6H,1-5H2. The maximum atomic E-state index is 12.4. The predicted molar refractivity (Wildman–Crippen MR) is 58.1 cm³/mol. The first kappa shape index (κ1) is 12.4. The van der Waals surface area contributed by atoms with E-state index in [0.717, 1.165) is 38.5 Å². The van der Waals surface area contributed by atoms with Crippen LogP contribution in [0.3, 0.4) is 0 Å². The van der Waals surface area contributed by atoms with Gasteiger partial charge in [-0.05, 0) is 19.3 Å². The molecule has 0 saturated carbocycles. The quantitative estimate of drug-likeness (QED) is 0.731. The molecule has 1 fully saturated rings. The highest BCUT2D eigenvalue weighted by Gasteiger charge is 2.35.